The SMILES string of the molecule is N#CC1(C(=O)Nc2cc(Cl)cc(C(F)(F)F)c2)CCC1. The van der Waals surface area contributed by atoms with E-state index in [9.17, 15) is 18.0 Å². The van der Waals surface area contributed by atoms with Gasteiger partial charge in [0.25, 0.3) is 0 Å². The molecule has 106 valence electrons. The molecule has 7 heteroatoms. The van der Waals surface area contributed by atoms with Gasteiger partial charge in [0.2, 0.25) is 5.91 Å². The standard InChI is InChI=1S/C13H10ClF3N2O/c14-9-4-8(13(15,16)17)5-10(6-9)19-11(20)12(7-18)2-1-3-12/h4-6H,1-3H2,(H,19,20). The van der Waals surface area contributed by atoms with Crippen LogP contribution in [-0.2, 0) is 11.0 Å². The number of benzene rings is 1. The Morgan fingerprint density at radius 2 is 2.00 bits per heavy atom. The van der Waals surface area contributed by atoms with Gasteiger partial charge < -0.3 is 5.32 Å². The highest BCUT2D eigenvalue weighted by atomic mass is 35.5. The largest absolute Gasteiger partial charge is 0.416 e. The molecular weight excluding hydrogens is 293 g/mol. The van der Waals surface area contributed by atoms with Crippen LogP contribution in [0.1, 0.15) is 24.8 Å². The highest BCUT2D eigenvalue weighted by molar-refractivity contribution is 6.31. The van der Waals surface area contributed by atoms with Crippen LogP contribution in [0.4, 0.5) is 18.9 Å². The van der Waals surface area contributed by atoms with Crippen molar-refractivity contribution in [2.45, 2.75) is 25.4 Å². The minimum Gasteiger partial charge on any atom is -0.325 e. The molecule has 0 spiro atoms. The van der Waals surface area contributed by atoms with Crippen LogP contribution in [0.5, 0.6) is 0 Å². The summed E-state index contributed by atoms with van der Waals surface area (Å²) in [5.41, 5.74) is -2.13. The molecule has 1 aromatic carbocycles. The number of amides is 1. The Bertz CT molecular complexity index is 588. The van der Waals surface area contributed by atoms with E-state index < -0.39 is 23.1 Å². The fourth-order valence-electron chi connectivity index (χ4n) is 2.00. The zero-order valence-corrected chi connectivity index (χ0v) is 11.0. The van der Waals surface area contributed by atoms with Crippen LogP contribution in [0.25, 0.3) is 0 Å². The molecule has 20 heavy (non-hydrogen) atoms. The van der Waals surface area contributed by atoms with E-state index in [0.29, 0.717) is 12.8 Å². The van der Waals surface area contributed by atoms with Crippen molar-refractivity contribution >= 4 is 23.2 Å². The van der Waals surface area contributed by atoms with Crippen LogP contribution in [0.2, 0.25) is 5.02 Å². The van der Waals surface area contributed by atoms with Gasteiger partial charge in [-0.2, -0.15) is 18.4 Å². The van der Waals surface area contributed by atoms with Gasteiger partial charge in [-0.05, 0) is 37.5 Å². The van der Waals surface area contributed by atoms with E-state index in [4.69, 9.17) is 16.9 Å². The molecule has 0 radical (unpaired) electrons. The average Bonchev–Trinajstić information content (AvgIpc) is 2.26. The minimum atomic E-state index is -4.55. The summed E-state index contributed by atoms with van der Waals surface area (Å²) in [5.74, 6) is -0.582. The van der Waals surface area contributed by atoms with Gasteiger partial charge in [-0.1, -0.05) is 11.6 Å². The Morgan fingerprint density at radius 3 is 2.45 bits per heavy atom. The van der Waals surface area contributed by atoms with Crippen LogP contribution in [0.3, 0.4) is 0 Å². The summed E-state index contributed by atoms with van der Waals surface area (Å²) in [7, 11) is 0. The number of hydrogen-bond donors (Lipinski definition) is 1. The lowest BCUT2D eigenvalue weighted by Gasteiger charge is -2.33. The molecule has 0 saturated heterocycles. The second-order valence-corrected chi connectivity index (χ2v) is 5.16. The zero-order valence-electron chi connectivity index (χ0n) is 10.2. The van der Waals surface area contributed by atoms with E-state index in [1.807, 2.05) is 6.07 Å². The van der Waals surface area contributed by atoms with Gasteiger partial charge in [0.15, 0.2) is 0 Å². The second kappa shape index (κ2) is 4.98. The molecule has 1 aliphatic rings. The molecule has 0 unspecified atom stereocenters. The maximum absolute atomic E-state index is 12.6. The summed E-state index contributed by atoms with van der Waals surface area (Å²) in [6.45, 7) is 0. The van der Waals surface area contributed by atoms with E-state index in [0.717, 1.165) is 18.6 Å². The fraction of sp³-hybridized carbons (Fsp3) is 0.385. The van der Waals surface area contributed by atoms with Crippen molar-refractivity contribution in [3.8, 4) is 6.07 Å². The van der Waals surface area contributed by atoms with Gasteiger partial charge in [0.05, 0.1) is 11.6 Å². The molecule has 1 aliphatic carbocycles. The Balaban J connectivity index is 2.24. The van der Waals surface area contributed by atoms with Crippen LogP contribution in [0.15, 0.2) is 18.2 Å². The molecule has 1 aromatic rings. The molecule has 2 rings (SSSR count). The Morgan fingerprint density at radius 1 is 1.35 bits per heavy atom. The quantitative estimate of drug-likeness (QED) is 0.898. The smallest absolute Gasteiger partial charge is 0.325 e. The summed E-state index contributed by atoms with van der Waals surface area (Å²) in [6, 6.07) is 4.73. The number of nitriles is 1. The number of hydrogen-bond acceptors (Lipinski definition) is 2. The third-order valence-electron chi connectivity index (χ3n) is 3.34. The van der Waals surface area contributed by atoms with Crippen LogP contribution in [-0.4, -0.2) is 5.91 Å². The van der Waals surface area contributed by atoms with E-state index in [-0.39, 0.29) is 10.7 Å². The summed E-state index contributed by atoms with van der Waals surface area (Å²) in [5, 5.41) is 11.2. The highest BCUT2D eigenvalue weighted by Crippen LogP contribution is 2.41. The highest BCUT2D eigenvalue weighted by Gasteiger charge is 2.44. The molecule has 1 amide bonds. The molecule has 0 bridgehead atoms. The number of nitrogens with zero attached hydrogens (tertiary/aromatic N) is 1. The van der Waals surface area contributed by atoms with E-state index in [1.54, 1.807) is 0 Å². The molecule has 0 aliphatic heterocycles. The first-order chi connectivity index (χ1) is 9.27. The lowest BCUT2D eigenvalue weighted by Crippen LogP contribution is -2.40. The van der Waals surface area contributed by atoms with Crippen molar-refractivity contribution in [3.63, 3.8) is 0 Å². The van der Waals surface area contributed by atoms with Crippen molar-refractivity contribution in [3.05, 3.63) is 28.8 Å². The molecule has 0 aromatic heterocycles. The van der Waals surface area contributed by atoms with Gasteiger partial charge in [-0.3, -0.25) is 4.79 Å². The predicted molar refractivity (Wildman–Crippen MR) is 67.0 cm³/mol. The number of nitrogens with one attached hydrogen (secondary N) is 1. The molecule has 1 N–H and O–H groups in total. The van der Waals surface area contributed by atoms with Crippen molar-refractivity contribution in [2.24, 2.45) is 5.41 Å². The van der Waals surface area contributed by atoms with Gasteiger partial charge in [-0.15, -0.1) is 0 Å². The Labute approximate surface area is 118 Å². The maximum Gasteiger partial charge on any atom is 0.416 e. The summed E-state index contributed by atoms with van der Waals surface area (Å²) >= 11 is 5.62. The zero-order chi connectivity index (χ0) is 15.0. The molecular formula is C13H10ClF3N2O. The molecule has 1 fully saturated rings. The van der Waals surface area contributed by atoms with Crippen molar-refractivity contribution in [1.82, 2.24) is 0 Å². The lowest BCUT2D eigenvalue weighted by atomic mass is 9.69. The average molecular weight is 303 g/mol. The number of rotatable bonds is 2. The Hall–Kier alpha value is -1.74. The summed E-state index contributed by atoms with van der Waals surface area (Å²) in [4.78, 5) is 12.0. The molecule has 1 saturated carbocycles. The number of carbonyl (C=O) groups excluding carboxylic acids is 1. The normalized spacial score (nSPS) is 16.9. The third-order valence-corrected chi connectivity index (χ3v) is 3.56. The van der Waals surface area contributed by atoms with Gasteiger partial charge in [-0.25, -0.2) is 0 Å². The third kappa shape index (κ3) is 2.73. The van der Waals surface area contributed by atoms with Crippen LogP contribution < -0.4 is 5.32 Å². The predicted octanol–water partition coefficient (Wildman–Crippen LogP) is 3.99. The fourth-order valence-corrected chi connectivity index (χ4v) is 2.23. The number of carbonyl (C=O) groups is 1. The van der Waals surface area contributed by atoms with E-state index in [1.165, 1.54) is 6.07 Å². The number of alkyl halides is 3. The van der Waals surface area contributed by atoms with E-state index in [2.05, 4.69) is 5.32 Å². The van der Waals surface area contributed by atoms with Gasteiger partial charge in [0.1, 0.15) is 5.41 Å². The molecule has 0 atom stereocenters. The second-order valence-electron chi connectivity index (χ2n) is 4.73. The number of halogens is 4. The Kier molecular flexibility index (Phi) is 3.65. The summed E-state index contributed by atoms with van der Waals surface area (Å²) < 4.78 is 37.9. The van der Waals surface area contributed by atoms with Crippen LogP contribution in [0, 0.1) is 16.7 Å². The van der Waals surface area contributed by atoms with E-state index >= 15 is 0 Å². The molecule has 0 heterocycles. The van der Waals surface area contributed by atoms with Crippen molar-refractivity contribution < 1.29 is 18.0 Å². The first kappa shape index (κ1) is 14.7. The first-order valence-corrected chi connectivity index (χ1v) is 6.25. The van der Waals surface area contributed by atoms with Crippen molar-refractivity contribution in [2.75, 3.05) is 5.32 Å². The maximum atomic E-state index is 12.6. The van der Waals surface area contributed by atoms with Gasteiger partial charge >= 0.3 is 6.18 Å². The summed E-state index contributed by atoms with van der Waals surface area (Å²) in [6.07, 6.45) is -2.96. The first-order valence-electron chi connectivity index (χ1n) is 5.87. The minimum absolute atomic E-state index is 0.0589. The monoisotopic (exact) mass is 302 g/mol. The lowest BCUT2D eigenvalue weighted by molar-refractivity contribution is -0.137. The van der Waals surface area contributed by atoms with Crippen LogP contribution >= 0.6 is 11.6 Å². The van der Waals surface area contributed by atoms with Gasteiger partial charge in [0, 0.05) is 10.7 Å². The molecule has 3 nitrogen and oxygen atoms in total. The topological polar surface area (TPSA) is 52.9 Å². The van der Waals surface area contributed by atoms with Crippen molar-refractivity contribution in [1.29, 1.82) is 5.26 Å². The number of anilines is 1.